The molecule has 0 spiro atoms. The van der Waals surface area contributed by atoms with Gasteiger partial charge in [-0.15, -0.1) is 5.10 Å². The molecule has 0 aliphatic heterocycles. The van der Waals surface area contributed by atoms with E-state index >= 15 is 0 Å². The molecule has 2 rings (SSSR count). The average molecular weight is 282 g/mol. The molecule has 0 atom stereocenters. The summed E-state index contributed by atoms with van der Waals surface area (Å²) in [7, 11) is 0. The van der Waals surface area contributed by atoms with Gasteiger partial charge >= 0.3 is 0 Å². The maximum absolute atomic E-state index is 9.75. The Labute approximate surface area is 102 Å². The number of aromatic nitrogens is 3. The van der Waals surface area contributed by atoms with E-state index in [2.05, 4.69) is 26.0 Å². The normalized spacial score (nSPS) is 11.8. The Morgan fingerprint density at radius 3 is 2.38 bits per heavy atom. The second-order valence-electron chi connectivity index (χ2n) is 4.05. The molecule has 0 radical (unpaired) electrons. The van der Waals surface area contributed by atoms with Crippen LogP contribution in [-0.4, -0.2) is 19.9 Å². The molecule has 0 fully saturated rings. The molecule has 2 aromatic rings. The fourth-order valence-corrected chi connectivity index (χ4v) is 1.53. The van der Waals surface area contributed by atoms with Crippen molar-refractivity contribution in [1.82, 2.24) is 14.8 Å². The molecule has 0 amide bonds. The second-order valence-corrected chi connectivity index (χ2v) is 4.96. The van der Waals surface area contributed by atoms with Crippen LogP contribution in [0.2, 0.25) is 0 Å². The number of benzene rings is 1. The lowest BCUT2D eigenvalue weighted by molar-refractivity contribution is 0.0688. The van der Waals surface area contributed by atoms with Crippen molar-refractivity contribution in [3.63, 3.8) is 0 Å². The minimum atomic E-state index is -1.01. The molecular formula is C11H12BrN3O. The fraction of sp³-hybridized carbons (Fsp3) is 0.273. The Morgan fingerprint density at radius 1 is 1.25 bits per heavy atom. The van der Waals surface area contributed by atoms with Crippen molar-refractivity contribution in [3.8, 4) is 5.69 Å². The van der Waals surface area contributed by atoms with Crippen molar-refractivity contribution >= 4 is 15.9 Å². The van der Waals surface area contributed by atoms with Crippen LogP contribution in [0.5, 0.6) is 0 Å². The van der Waals surface area contributed by atoms with E-state index in [1.807, 2.05) is 24.3 Å². The van der Waals surface area contributed by atoms with Crippen molar-refractivity contribution < 1.29 is 5.11 Å². The lowest BCUT2D eigenvalue weighted by Crippen LogP contribution is -2.18. The van der Waals surface area contributed by atoms with Gasteiger partial charge in [0, 0.05) is 4.47 Å². The van der Waals surface area contributed by atoms with Gasteiger partial charge in [-0.25, -0.2) is 9.67 Å². The van der Waals surface area contributed by atoms with Crippen molar-refractivity contribution in [3.05, 3.63) is 40.9 Å². The van der Waals surface area contributed by atoms with Crippen LogP contribution < -0.4 is 0 Å². The average Bonchev–Trinajstić information content (AvgIpc) is 2.67. The molecular weight excluding hydrogens is 270 g/mol. The highest BCUT2D eigenvalue weighted by atomic mass is 79.9. The van der Waals surface area contributed by atoms with E-state index in [1.165, 1.54) is 0 Å². The van der Waals surface area contributed by atoms with Gasteiger partial charge in [-0.2, -0.15) is 0 Å². The monoisotopic (exact) mass is 281 g/mol. The highest BCUT2D eigenvalue weighted by Gasteiger charge is 2.21. The molecule has 1 aromatic heterocycles. The van der Waals surface area contributed by atoms with Crippen LogP contribution in [0.4, 0.5) is 0 Å². The molecule has 1 aromatic carbocycles. The van der Waals surface area contributed by atoms with E-state index in [0.717, 1.165) is 10.2 Å². The Morgan fingerprint density at radius 2 is 1.88 bits per heavy atom. The number of nitrogens with zero attached hydrogens (tertiary/aromatic N) is 3. The highest BCUT2D eigenvalue weighted by molar-refractivity contribution is 9.10. The van der Waals surface area contributed by atoms with Crippen LogP contribution in [0.15, 0.2) is 35.1 Å². The molecule has 0 saturated carbocycles. The van der Waals surface area contributed by atoms with Gasteiger partial charge < -0.3 is 5.11 Å². The van der Waals surface area contributed by atoms with Crippen molar-refractivity contribution in [2.75, 3.05) is 0 Å². The summed E-state index contributed by atoms with van der Waals surface area (Å²) in [5, 5.41) is 14.0. The SMILES string of the molecule is CC(C)(O)c1ncn(-c2ccc(Br)cc2)n1. The summed E-state index contributed by atoms with van der Waals surface area (Å²) < 4.78 is 2.65. The molecule has 0 aliphatic rings. The third-order valence-corrected chi connectivity index (χ3v) is 2.66. The first-order valence-corrected chi connectivity index (χ1v) is 5.66. The molecule has 0 saturated heterocycles. The number of halogens is 1. The zero-order valence-corrected chi connectivity index (χ0v) is 10.6. The highest BCUT2D eigenvalue weighted by Crippen LogP contribution is 2.17. The summed E-state index contributed by atoms with van der Waals surface area (Å²) in [5.41, 5.74) is -0.105. The third-order valence-electron chi connectivity index (χ3n) is 2.13. The van der Waals surface area contributed by atoms with Crippen molar-refractivity contribution in [2.45, 2.75) is 19.4 Å². The molecule has 1 heterocycles. The molecule has 1 N–H and O–H groups in total. The first-order valence-electron chi connectivity index (χ1n) is 4.87. The molecule has 4 nitrogen and oxygen atoms in total. The fourth-order valence-electron chi connectivity index (χ4n) is 1.26. The Balaban J connectivity index is 2.35. The van der Waals surface area contributed by atoms with Gasteiger partial charge in [0.2, 0.25) is 0 Å². The van der Waals surface area contributed by atoms with Crippen LogP contribution in [0.1, 0.15) is 19.7 Å². The smallest absolute Gasteiger partial charge is 0.182 e. The largest absolute Gasteiger partial charge is 0.382 e. The molecule has 0 unspecified atom stereocenters. The quantitative estimate of drug-likeness (QED) is 0.919. The zero-order chi connectivity index (χ0) is 11.8. The third kappa shape index (κ3) is 2.31. The van der Waals surface area contributed by atoms with Crippen LogP contribution in [-0.2, 0) is 5.60 Å². The van der Waals surface area contributed by atoms with Crippen molar-refractivity contribution in [2.24, 2.45) is 0 Å². The van der Waals surface area contributed by atoms with E-state index in [-0.39, 0.29) is 0 Å². The molecule has 16 heavy (non-hydrogen) atoms. The maximum atomic E-state index is 9.75. The number of rotatable bonds is 2. The van der Waals surface area contributed by atoms with Gasteiger partial charge in [0.1, 0.15) is 11.9 Å². The van der Waals surface area contributed by atoms with Gasteiger partial charge in [0.25, 0.3) is 0 Å². The van der Waals surface area contributed by atoms with Crippen LogP contribution in [0.3, 0.4) is 0 Å². The number of hydrogen-bond donors (Lipinski definition) is 1. The Kier molecular flexibility index (Phi) is 2.82. The Bertz CT molecular complexity index is 485. The lowest BCUT2D eigenvalue weighted by atomic mass is 10.1. The van der Waals surface area contributed by atoms with E-state index in [1.54, 1.807) is 24.9 Å². The van der Waals surface area contributed by atoms with Gasteiger partial charge in [-0.3, -0.25) is 0 Å². The Hall–Kier alpha value is -1.20. The molecule has 0 bridgehead atoms. The number of hydrogen-bond acceptors (Lipinski definition) is 3. The summed E-state index contributed by atoms with van der Waals surface area (Å²) in [6.07, 6.45) is 1.59. The van der Waals surface area contributed by atoms with E-state index in [4.69, 9.17) is 0 Å². The van der Waals surface area contributed by atoms with E-state index < -0.39 is 5.60 Å². The predicted octanol–water partition coefficient (Wildman–Crippen LogP) is 2.26. The number of aliphatic hydroxyl groups is 1. The van der Waals surface area contributed by atoms with Gasteiger partial charge in [-0.1, -0.05) is 15.9 Å². The second kappa shape index (κ2) is 3.99. The maximum Gasteiger partial charge on any atom is 0.182 e. The summed E-state index contributed by atoms with van der Waals surface area (Å²) in [6.45, 7) is 3.32. The standard InChI is InChI=1S/C11H12BrN3O/c1-11(2,16)10-13-7-15(14-10)9-5-3-8(12)4-6-9/h3-7,16H,1-2H3. The molecule has 0 aliphatic carbocycles. The minimum absolute atomic E-state index is 0.412. The van der Waals surface area contributed by atoms with Gasteiger partial charge in [0.05, 0.1) is 5.69 Å². The van der Waals surface area contributed by atoms with Crippen LogP contribution >= 0.6 is 15.9 Å². The topological polar surface area (TPSA) is 50.9 Å². The van der Waals surface area contributed by atoms with Gasteiger partial charge in [-0.05, 0) is 38.1 Å². The summed E-state index contributed by atoms with van der Waals surface area (Å²) in [4.78, 5) is 4.08. The first kappa shape index (κ1) is 11.3. The van der Waals surface area contributed by atoms with E-state index in [0.29, 0.717) is 5.82 Å². The minimum Gasteiger partial charge on any atom is -0.382 e. The summed E-state index contributed by atoms with van der Waals surface area (Å²) in [6, 6.07) is 7.71. The van der Waals surface area contributed by atoms with Crippen LogP contribution in [0, 0.1) is 0 Å². The molecule has 84 valence electrons. The first-order chi connectivity index (χ1) is 7.47. The van der Waals surface area contributed by atoms with Crippen LogP contribution in [0.25, 0.3) is 5.69 Å². The summed E-state index contributed by atoms with van der Waals surface area (Å²) in [5.74, 6) is 0.412. The predicted molar refractivity (Wildman–Crippen MR) is 64.3 cm³/mol. The van der Waals surface area contributed by atoms with E-state index in [9.17, 15) is 5.11 Å². The zero-order valence-electron chi connectivity index (χ0n) is 9.05. The van der Waals surface area contributed by atoms with Crippen molar-refractivity contribution in [1.29, 1.82) is 0 Å². The summed E-state index contributed by atoms with van der Waals surface area (Å²) >= 11 is 3.37. The molecule has 5 heteroatoms. The van der Waals surface area contributed by atoms with Gasteiger partial charge in [0.15, 0.2) is 5.82 Å². The lowest BCUT2D eigenvalue weighted by Gasteiger charge is -2.11.